The highest BCUT2D eigenvalue weighted by atomic mass is 16.5. The Hall–Kier alpha value is -4.34. The number of nitrogens with zero attached hydrogens (tertiary/aromatic N) is 2. The molecule has 0 radical (unpaired) electrons. The number of anilines is 1. The number of nitrogens with two attached hydrogens (primary N) is 1. The summed E-state index contributed by atoms with van der Waals surface area (Å²) in [5.41, 5.74) is 12.2. The topological polar surface area (TPSA) is 126 Å². The fourth-order valence-corrected chi connectivity index (χ4v) is 5.82. The monoisotopic (exact) mass is 595 g/mol. The average Bonchev–Trinajstić information content (AvgIpc) is 3.34. The quantitative estimate of drug-likeness (QED) is 0.296. The van der Waals surface area contributed by atoms with Crippen LogP contribution in [0.4, 0.5) is 10.5 Å². The second-order valence-corrected chi connectivity index (χ2v) is 12.0. The number of likely N-dealkylation sites (tertiary alicyclic amines) is 1. The molecule has 230 valence electrons. The van der Waals surface area contributed by atoms with Gasteiger partial charge in [0.15, 0.2) is 0 Å². The average molecular weight is 596 g/mol. The summed E-state index contributed by atoms with van der Waals surface area (Å²) in [7, 11) is 0. The van der Waals surface area contributed by atoms with Crippen molar-refractivity contribution in [2.45, 2.75) is 58.2 Å². The number of amides is 3. The number of aliphatic imine (C=N–C) groups is 1. The van der Waals surface area contributed by atoms with E-state index in [1.807, 2.05) is 60.7 Å². The zero-order valence-electron chi connectivity index (χ0n) is 25.6. The maximum atomic E-state index is 13.1. The molecule has 1 aliphatic carbocycles. The summed E-state index contributed by atoms with van der Waals surface area (Å²) < 4.78 is 5.57. The van der Waals surface area contributed by atoms with E-state index in [0.717, 1.165) is 60.3 Å². The fourth-order valence-electron chi connectivity index (χ4n) is 5.82. The van der Waals surface area contributed by atoms with Crippen molar-refractivity contribution < 1.29 is 19.1 Å². The largest absolute Gasteiger partial charge is 0.447 e. The lowest BCUT2D eigenvalue weighted by Crippen LogP contribution is -2.45. The second-order valence-electron chi connectivity index (χ2n) is 12.0. The molecule has 9 nitrogen and oxygen atoms in total. The molecule has 0 bridgehead atoms. The molecule has 1 saturated heterocycles. The molecule has 5 rings (SSSR count). The van der Waals surface area contributed by atoms with Crippen molar-refractivity contribution in [2.75, 3.05) is 25.0 Å². The van der Waals surface area contributed by atoms with Crippen LogP contribution in [-0.2, 0) is 20.9 Å². The number of benzene rings is 3. The molecule has 4 N–H and O–H groups in total. The molecular formula is C35H41N5O4. The molecule has 0 saturated carbocycles. The molecule has 0 aromatic heterocycles. The van der Waals surface area contributed by atoms with Gasteiger partial charge in [0, 0.05) is 30.1 Å². The molecule has 2 aliphatic rings. The Morgan fingerprint density at radius 3 is 2.09 bits per heavy atom. The third-order valence-corrected chi connectivity index (χ3v) is 8.33. The maximum absolute atomic E-state index is 13.1. The van der Waals surface area contributed by atoms with Crippen LogP contribution in [0, 0.1) is 5.92 Å². The molecular weight excluding hydrogens is 554 g/mol. The number of carbonyl (C=O) groups is 3. The summed E-state index contributed by atoms with van der Waals surface area (Å²) >= 11 is 0. The van der Waals surface area contributed by atoms with Crippen molar-refractivity contribution in [3.05, 3.63) is 89.5 Å². The van der Waals surface area contributed by atoms with E-state index in [1.165, 1.54) is 0 Å². The maximum Gasteiger partial charge on any atom is 0.434 e. The van der Waals surface area contributed by atoms with Gasteiger partial charge < -0.3 is 21.1 Å². The summed E-state index contributed by atoms with van der Waals surface area (Å²) in [5, 5.41) is 5.52. The zero-order chi connectivity index (χ0) is 31.2. The van der Waals surface area contributed by atoms with Gasteiger partial charge in [-0.1, -0.05) is 74.5 Å². The first-order chi connectivity index (χ1) is 21.2. The number of rotatable bonds is 9. The van der Waals surface area contributed by atoms with Gasteiger partial charge in [-0.25, -0.2) is 4.79 Å². The van der Waals surface area contributed by atoms with E-state index in [1.54, 1.807) is 20.8 Å². The van der Waals surface area contributed by atoms with Gasteiger partial charge in [-0.15, -0.1) is 0 Å². The third kappa shape index (κ3) is 7.41. The highest BCUT2D eigenvalue weighted by molar-refractivity contribution is 6.41. The standard InChI is InChI=1S/C35H41N5O4/c1-22(2)32(39-35(43)44-21-31-29-10-6-4-8-27(29)28-9-5-7-11-30(28)31)34(42)37-23(3)33(41)38-26-14-12-24(13-15-26)20-40-18-16-25(36)17-19-40/h4-15,22-23,25,31H,16-21,36H2,1-3H3,(H,37,42)(H,38,41)/t23-/m0/s1. The Balaban J connectivity index is 1.14. The zero-order valence-corrected chi connectivity index (χ0v) is 25.6. The molecule has 44 heavy (non-hydrogen) atoms. The number of fused-ring (bicyclic) bond motifs is 3. The van der Waals surface area contributed by atoms with Gasteiger partial charge in [-0.05, 0) is 72.8 Å². The lowest BCUT2D eigenvalue weighted by molar-refractivity contribution is -0.122. The number of hydrogen-bond donors (Lipinski definition) is 3. The Kier molecular flexibility index (Phi) is 9.87. The third-order valence-electron chi connectivity index (χ3n) is 8.33. The van der Waals surface area contributed by atoms with Crippen LogP contribution in [0.25, 0.3) is 11.1 Å². The van der Waals surface area contributed by atoms with E-state index >= 15 is 0 Å². The summed E-state index contributed by atoms with van der Waals surface area (Å²) in [4.78, 5) is 45.1. The highest BCUT2D eigenvalue weighted by Gasteiger charge is 2.29. The smallest absolute Gasteiger partial charge is 0.434 e. The van der Waals surface area contributed by atoms with Gasteiger partial charge in [0.2, 0.25) is 5.91 Å². The number of nitrogens with one attached hydrogen (secondary N) is 2. The second kappa shape index (κ2) is 14.0. The molecule has 9 heteroatoms. The minimum atomic E-state index is -0.855. The predicted octanol–water partition coefficient (Wildman–Crippen LogP) is 5.10. The lowest BCUT2D eigenvalue weighted by Gasteiger charge is -2.30. The molecule has 3 aromatic rings. The van der Waals surface area contributed by atoms with Crippen molar-refractivity contribution >= 4 is 29.3 Å². The Morgan fingerprint density at radius 1 is 0.909 bits per heavy atom. The van der Waals surface area contributed by atoms with Crippen LogP contribution in [0.2, 0.25) is 0 Å². The summed E-state index contributed by atoms with van der Waals surface area (Å²) in [6.45, 7) is 8.04. The molecule has 0 spiro atoms. The van der Waals surface area contributed by atoms with E-state index < -0.39 is 18.0 Å². The molecule has 0 unspecified atom stereocenters. The van der Waals surface area contributed by atoms with E-state index in [-0.39, 0.29) is 30.1 Å². The summed E-state index contributed by atoms with van der Waals surface area (Å²) in [5.74, 6) is -1.44. The Morgan fingerprint density at radius 2 is 1.50 bits per heavy atom. The van der Waals surface area contributed by atoms with Gasteiger partial charge in [0.1, 0.15) is 18.4 Å². The van der Waals surface area contributed by atoms with Crippen LogP contribution in [-0.4, -0.2) is 60.3 Å². The van der Waals surface area contributed by atoms with Crippen LogP contribution in [0.5, 0.6) is 0 Å². The first-order valence-corrected chi connectivity index (χ1v) is 15.3. The van der Waals surface area contributed by atoms with Crippen LogP contribution in [0.3, 0.4) is 0 Å². The normalized spacial score (nSPS) is 16.2. The predicted molar refractivity (Wildman–Crippen MR) is 173 cm³/mol. The first kappa shape index (κ1) is 31.1. The highest BCUT2D eigenvalue weighted by Crippen LogP contribution is 2.44. The number of piperidine rings is 1. The van der Waals surface area contributed by atoms with Crippen LogP contribution in [0.15, 0.2) is 77.8 Å². The first-order valence-electron chi connectivity index (χ1n) is 15.3. The minimum Gasteiger partial charge on any atom is -0.447 e. The van der Waals surface area contributed by atoms with E-state index in [9.17, 15) is 14.4 Å². The van der Waals surface area contributed by atoms with Crippen molar-refractivity contribution in [3.8, 4) is 11.1 Å². The van der Waals surface area contributed by atoms with Gasteiger partial charge in [-0.2, -0.15) is 4.99 Å². The molecule has 3 amide bonds. The van der Waals surface area contributed by atoms with E-state index in [4.69, 9.17) is 10.5 Å². The van der Waals surface area contributed by atoms with Crippen molar-refractivity contribution in [1.29, 1.82) is 0 Å². The molecule has 1 aliphatic heterocycles. The number of ether oxygens (including phenoxy) is 1. The van der Waals surface area contributed by atoms with E-state index in [0.29, 0.717) is 11.7 Å². The minimum absolute atomic E-state index is 0.00453. The molecule has 1 fully saturated rings. The molecule has 3 aromatic carbocycles. The van der Waals surface area contributed by atoms with Crippen molar-refractivity contribution in [1.82, 2.24) is 10.2 Å². The Labute approximate surface area is 258 Å². The SMILES string of the molecule is CC(C)C(=NC(=O)OCC1c2ccccc2-c2ccccc21)C(=O)N[C@@H](C)C(=O)Nc1ccc(CN2CCC(N)CC2)cc1. The lowest BCUT2D eigenvalue weighted by atomic mass is 9.98. The summed E-state index contributed by atoms with van der Waals surface area (Å²) in [6.07, 6.45) is 1.18. The number of carbonyl (C=O) groups excluding carboxylic acids is 3. The van der Waals surface area contributed by atoms with Crippen molar-refractivity contribution in [2.24, 2.45) is 16.6 Å². The van der Waals surface area contributed by atoms with Gasteiger partial charge in [0.05, 0.1) is 0 Å². The molecule has 1 atom stereocenters. The Bertz CT molecular complexity index is 1480. The fraction of sp³-hybridized carbons (Fsp3) is 0.371. The van der Waals surface area contributed by atoms with Gasteiger partial charge in [0.25, 0.3) is 5.91 Å². The molecule has 1 heterocycles. The number of hydrogen-bond acceptors (Lipinski definition) is 6. The van der Waals surface area contributed by atoms with Gasteiger partial charge in [-0.3, -0.25) is 14.5 Å². The van der Waals surface area contributed by atoms with Gasteiger partial charge >= 0.3 is 6.09 Å². The van der Waals surface area contributed by atoms with Crippen LogP contribution >= 0.6 is 0 Å². The van der Waals surface area contributed by atoms with Crippen LogP contribution < -0.4 is 16.4 Å². The van der Waals surface area contributed by atoms with Crippen LogP contribution in [0.1, 0.15) is 56.2 Å². The summed E-state index contributed by atoms with van der Waals surface area (Å²) in [6, 6.07) is 23.3. The van der Waals surface area contributed by atoms with Crippen molar-refractivity contribution in [3.63, 3.8) is 0 Å². The van der Waals surface area contributed by atoms with E-state index in [2.05, 4.69) is 32.7 Å².